The zero-order valence-electron chi connectivity index (χ0n) is 11.1. The molecule has 0 saturated carbocycles. The highest BCUT2D eigenvalue weighted by Crippen LogP contribution is 2.23. The second-order valence-electron chi connectivity index (χ2n) is 4.26. The zero-order valence-corrected chi connectivity index (χ0v) is 12.7. The molecular formula is C15H12BrF2NO2. The summed E-state index contributed by atoms with van der Waals surface area (Å²) < 4.78 is 32.6. The first-order valence-corrected chi connectivity index (χ1v) is 6.86. The summed E-state index contributed by atoms with van der Waals surface area (Å²) >= 11 is 3.32. The first-order chi connectivity index (χ1) is 10.0. The molecule has 0 aromatic heterocycles. The molecule has 0 aliphatic rings. The second kappa shape index (κ2) is 6.67. The topological polar surface area (TPSA) is 38.3 Å². The van der Waals surface area contributed by atoms with E-state index in [1.165, 1.54) is 7.11 Å². The van der Waals surface area contributed by atoms with Crippen LogP contribution in [0.5, 0.6) is 5.75 Å². The summed E-state index contributed by atoms with van der Waals surface area (Å²) in [6.45, 7) is 0.136. The van der Waals surface area contributed by atoms with Crippen molar-refractivity contribution in [1.29, 1.82) is 0 Å². The molecule has 0 atom stereocenters. The Morgan fingerprint density at radius 3 is 2.71 bits per heavy atom. The summed E-state index contributed by atoms with van der Waals surface area (Å²) in [4.78, 5) is 11.9. The van der Waals surface area contributed by atoms with E-state index in [1.54, 1.807) is 18.2 Å². The molecular weight excluding hydrogens is 344 g/mol. The van der Waals surface area contributed by atoms with Gasteiger partial charge in [-0.05, 0) is 36.4 Å². The number of amides is 1. The summed E-state index contributed by atoms with van der Waals surface area (Å²) in [6.07, 6.45) is 0. The molecule has 3 nitrogen and oxygen atoms in total. The van der Waals surface area contributed by atoms with E-state index in [1.807, 2.05) is 0 Å². The maximum absolute atomic E-state index is 13.5. The maximum atomic E-state index is 13.5. The number of carbonyl (C=O) groups is 1. The van der Waals surface area contributed by atoms with E-state index in [2.05, 4.69) is 21.2 Å². The monoisotopic (exact) mass is 355 g/mol. The van der Waals surface area contributed by atoms with E-state index in [-0.39, 0.29) is 12.1 Å². The molecule has 0 spiro atoms. The van der Waals surface area contributed by atoms with Gasteiger partial charge in [0.05, 0.1) is 12.7 Å². The van der Waals surface area contributed by atoms with Crippen molar-refractivity contribution in [3.05, 3.63) is 63.6 Å². The Morgan fingerprint density at radius 2 is 2.00 bits per heavy atom. The van der Waals surface area contributed by atoms with Gasteiger partial charge in [-0.3, -0.25) is 4.79 Å². The zero-order chi connectivity index (χ0) is 15.4. The molecule has 0 bridgehead atoms. The van der Waals surface area contributed by atoms with Crippen LogP contribution in [0.1, 0.15) is 15.9 Å². The summed E-state index contributed by atoms with van der Waals surface area (Å²) in [5.74, 6) is -1.52. The van der Waals surface area contributed by atoms with Gasteiger partial charge < -0.3 is 10.1 Å². The van der Waals surface area contributed by atoms with Gasteiger partial charge in [-0.15, -0.1) is 0 Å². The van der Waals surface area contributed by atoms with Gasteiger partial charge in [0.2, 0.25) is 0 Å². The van der Waals surface area contributed by atoms with Crippen LogP contribution in [0.25, 0.3) is 0 Å². The normalized spacial score (nSPS) is 10.3. The molecule has 0 saturated heterocycles. The molecule has 0 heterocycles. The van der Waals surface area contributed by atoms with Gasteiger partial charge in [0, 0.05) is 16.6 Å². The van der Waals surface area contributed by atoms with Gasteiger partial charge in [-0.1, -0.05) is 15.9 Å². The number of nitrogens with one attached hydrogen (secondary N) is 1. The van der Waals surface area contributed by atoms with Crippen LogP contribution in [0.15, 0.2) is 40.9 Å². The fraction of sp³-hybridized carbons (Fsp3) is 0.133. The van der Waals surface area contributed by atoms with Crippen LogP contribution in [-0.4, -0.2) is 13.0 Å². The minimum atomic E-state index is -0.768. The molecule has 0 aliphatic carbocycles. The third-order valence-electron chi connectivity index (χ3n) is 2.85. The predicted molar refractivity (Wildman–Crippen MR) is 78.2 cm³/mol. The fourth-order valence-electron chi connectivity index (χ4n) is 1.83. The fourth-order valence-corrected chi connectivity index (χ4v) is 2.24. The Morgan fingerprint density at radius 1 is 1.24 bits per heavy atom. The van der Waals surface area contributed by atoms with Gasteiger partial charge in [-0.25, -0.2) is 8.78 Å². The van der Waals surface area contributed by atoms with E-state index in [0.29, 0.717) is 5.75 Å². The van der Waals surface area contributed by atoms with Crippen LogP contribution in [0.2, 0.25) is 0 Å². The molecule has 2 rings (SSSR count). The lowest BCUT2D eigenvalue weighted by molar-refractivity contribution is 0.0946. The van der Waals surface area contributed by atoms with Crippen molar-refractivity contribution in [2.45, 2.75) is 6.54 Å². The van der Waals surface area contributed by atoms with Gasteiger partial charge in [0.15, 0.2) is 0 Å². The molecule has 2 aromatic rings. The average molecular weight is 356 g/mol. The predicted octanol–water partition coefficient (Wildman–Crippen LogP) is 3.67. The maximum Gasteiger partial charge on any atom is 0.254 e. The van der Waals surface area contributed by atoms with Gasteiger partial charge in [-0.2, -0.15) is 0 Å². The molecule has 0 fully saturated rings. The highest BCUT2D eigenvalue weighted by Gasteiger charge is 2.13. The first-order valence-electron chi connectivity index (χ1n) is 6.07. The Labute approximate surface area is 129 Å². The quantitative estimate of drug-likeness (QED) is 0.908. The summed E-state index contributed by atoms with van der Waals surface area (Å²) in [6, 6.07) is 8.07. The smallest absolute Gasteiger partial charge is 0.254 e. The van der Waals surface area contributed by atoms with Crippen LogP contribution >= 0.6 is 15.9 Å². The number of hydrogen-bond acceptors (Lipinski definition) is 2. The number of carbonyl (C=O) groups excluding carboxylic acids is 1. The number of methoxy groups -OCH3 is 1. The summed E-state index contributed by atoms with van der Waals surface area (Å²) in [5, 5.41) is 2.54. The lowest BCUT2D eigenvalue weighted by Crippen LogP contribution is -2.24. The highest BCUT2D eigenvalue weighted by atomic mass is 79.9. The summed E-state index contributed by atoms with van der Waals surface area (Å²) in [5.41, 5.74) is 0.390. The first kappa shape index (κ1) is 15.4. The van der Waals surface area contributed by atoms with Crippen molar-refractivity contribution < 1.29 is 18.3 Å². The van der Waals surface area contributed by atoms with E-state index < -0.39 is 17.5 Å². The Kier molecular flexibility index (Phi) is 4.90. The van der Waals surface area contributed by atoms with E-state index in [9.17, 15) is 13.6 Å². The van der Waals surface area contributed by atoms with Crippen LogP contribution in [0, 0.1) is 11.6 Å². The van der Waals surface area contributed by atoms with Crippen LogP contribution in [0.3, 0.4) is 0 Å². The van der Waals surface area contributed by atoms with E-state index in [4.69, 9.17) is 4.74 Å². The Hall–Kier alpha value is -1.95. The number of benzene rings is 2. The van der Waals surface area contributed by atoms with Crippen LogP contribution in [0.4, 0.5) is 8.78 Å². The van der Waals surface area contributed by atoms with Crippen LogP contribution < -0.4 is 10.1 Å². The Bertz CT molecular complexity index is 677. The lowest BCUT2D eigenvalue weighted by Gasteiger charge is -2.10. The number of hydrogen-bond donors (Lipinski definition) is 1. The molecule has 2 aromatic carbocycles. The van der Waals surface area contributed by atoms with E-state index >= 15 is 0 Å². The summed E-state index contributed by atoms with van der Waals surface area (Å²) in [7, 11) is 1.51. The molecule has 0 unspecified atom stereocenters. The number of halogens is 3. The Balaban J connectivity index is 2.14. The number of rotatable bonds is 4. The standard InChI is InChI=1S/C15H12BrF2NO2/c1-21-14-5-2-10(16)6-9(14)8-19-15(20)12-7-11(17)3-4-13(12)18/h2-7H,8H2,1H3,(H,19,20). The average Bonchev–Trinajstić information content (AvgIpc) is 2.47. The molecule has 1 N–H and O–H groups in total. The van der Waals surface area contributed by atoms with Crippen molar-refractivity contribution in [3.63, 3.8) is 0 Å². The number of ether oxygens (including phenoxy) is 1. The van der Waals surface area contributed by atoms with E-state index in [0.717, 1.165) is 28.2 Å². The molecule has 6 heteroatoms. The van der Waals surface area contributed by atoms with Crippen molar-refractivity contribution in [3.8, 4) is 5.75 Å². The van der Waals surface area contributed by atoms with Crippen molar-refractivity contribution in [1.82, 2.24) is 5.32 Å². The second-order valence-corrected chi connectivity index (χ2v) is 5.18. The van der Waals surface area contributed by atoms with Crippen LogP contribution in [-0.2, 0) is 6.54 Å². The SMILES string of the molecule is COc1ccc(Br)cc1CNC(=O)c1cc(F)ccc1F. The molecule has 0 aliphatic heterocycles. The minimum absolute atomic E-state index is 0.136. The van der Waals surface area contributed by atoms with Gasteiger partial charge in [0.25, 0.3) is 5.91 Å². The highest BCUT2D eigenvalue weighted by molar-refractivity contribution is 9.10. The third kappa shape index (κ3) is 3.78. The lowest BCUT2D eigenvalue weighted by atomic mass is 10.1. The molecule has 21 heavy (non-hydrogen) atoms. The third-order valence-corrected chi connectivity index (χ3v) is 3.35. The van der Waals surface area contributed by atoms with Gasteiger partial charge >= 0.3 is 0 Å². The van der Waals surface area contributed by atoms with Crippen molar-refractivity contribution >= 4 is 21.8 Å². The van der Waals surface area contributed by atoms with Crippen molar-refractivity contribution in [2.75, 3.05) is 7.11 Å². The largest absolute Gasteiger partial charge is 0.496 e. The molecule has 0 radical (unpaired) electrons. The minimum Gasteiger partial charge on any atom is -0.496 e. The van der Waals surface area contributed by atoms with Gasteiger partial charge in [0.1, 0.15) is 17.4 Å². The van der Waals surface area contributed by atoms with Crippen molar-refractivity contribution in [2.24, 2.45) is 0 Å². The molecule has 110 valence electrons. The molecule has 1 amide bonds.